The molecule has 1 N–H and O–H groups in total. The molecule has 3 heteroatoms. The van der Waals surface area contributed by atoms with Gasteiger partial charge in [0.25, 0.3) is 5.92 Å². The molecule has 17 heavy (non-hydrogen) atoms. The zero-order valence-electron chi connectivity index (χ0n) is 10.4. The van der Waals surface area contributed by atoms with Crippen LogP contribution in [-0.2, 0) is 5.92 Å². The van der Waals surface area contributed by atoms with E-state index in [0.29, 0.717) is 6.42 Å². The number of alkyl halides is 2. The van der Waals surface area contributed by atoms with Gasteiger partial charge in [-0.05, 0) is 12.0 Å². The largest absolute Gasteiger partial charge is 0.396 e. The first-order chi connectivity index (χ1) is 8.05. The average molecular weight is 242 g/mol. The monoisotopic (exact) mass is 242 g/mol. The lowest BCUT2D eigenvalue weighted by atomic mass is 9.94. The predicted octanol–water partition coefficient (Wildman–Crippen LogP) is 4.06. The van der Waals surface area contributed by atoms with Crippen LogP contribution in [0.5, 0.6) is 0 Å². The highest BCUT2D eigenvalue weighted by molar-refractivity contribution is 5.28. The SMILES string of the molecule is CCCC(F)(F)c1ccc(C(CC)CO)cc1. The third kappa shape index (κ3) is 3.50. The van der Waals surface area contributed by atoms with Crippen LogP contribution in [-0.4, -0.2) is 11.7 Å². The predicted molar refractivity (Wildman–Crippen MR) is 65.4 cm³/mol. The van der Waals surface area contributed by atoms with Crippen molar-refractivity contribution in [2.75, 3.05) is 6.61 Å². The second kappa shape index (κ2) is 6.10. The third-order valence-corrected chi connectivity index (χ3v) is 3.08. The van der Waals surface area contributed by atoms with Crippen molar-refractivity contribution in [1.82, 2.24) is 0 Å². The van der Waals surface area contributed by atoms with Crippen molar-refractivity contribution in [3.05, 3.63) is 35.4 Å². The molecule has 1 aromatic carbocycles. The summed E-state index contributed by atoms with van der Waals surface area (Å²) in [7, 11) is 0. The van der Waals surface area contributed by atoms with Crippen molar-refractivity contribution in [2.45, 2.75) is 45.0 Å². The third-order valence-electron chi connectivity index (χ3n) is 3.08. The molecule has 0 amide bonds. The molecule has 0 radical (unpaired) electrons. The molecule has 0 bridgehead atoms. The van der Waals surface area contributed by atoms with E-state index in [9.17, 15) is 8.78 Å². The molecule has 96 valence electrons. The summed E-state index contributed by atoms with van der Waals surface area (Å²) in [5, 5.41) is 9.14. The maximum absolute atomic E-state index is 13.6. The Labute approximate surface area is 101 Å². The normalized spacial score (nSPS) is 13.7. The minimum atomic E-state index is -2.74. The summed E-state index contributed by atoms with van der Waals surface area (Å²) < 4.78 is 27.2. The first-order valence-corrected chi connectivity index (χ1v) is 6.14. The summed E-state index contributed by atoms with van der Waals surface area (Å²) in [6, 6.07) is 6.35. The van der Waals surface area contributed by atoms with Crippen molar-refractivity contribution in [3.8, 4) is 0 Å². The van der Waals surface area contributed by atoms with E-state index in [1.54, 1.807) is 19.1 Å². The quantitative estimate of drug-likeness (QED) is 0.797. The Hall–Kier alpha value is -0.960. The zero-order valence-corrected chi connectivity index (χ0v) is 10.4. The molecule has 0 aromatic heterocycles. The molecule has 0 aliphatic rings. The summed E-state index contributed by atoms with van der Waals surface area (Å²) >= 11 is 0. The number of halogens is 2. The fourth-order valence-electron chi connectivity index (χ4n) is 1.93. The van der Waals surface area contributed by atoms with Crippen LogP contribution in [0.2, 0.25) is 0 Å². The van der Waals surface area contributed by atoms with Crippen LogP contribution in [0, 0.1) is 0 Å². The van der Waals surface area contributed by atoms with Crippen molar-refractivity contribution in [2.24, 2.45) is 0 Å². The van der Waals surface area contributed by atoms with Crippen LogP contribution in [0.3, 0.4) is 0 Å². The van der Waals surface area contributed by atoms with Crippen LogP contribution in [0.4, 0.5) is 8.78 Å². The topological polar surface area (TPSA) is 20.2 Å². The molecule has 1 rings (SSSR count). The first kappa shape index (κ1) is 14.1. The Morgan fingerprint density at radius 3 is 2.18 bits per heavy atom. The van der Waals surface area contributed by atoms with Crippen LogP contribution < -0.4 is 0 Å². The second-order valence-electron chi connectivity index (χ2n) is 4.36. The maximum atomic E-state index is 13.6. The summed E-state index contributed by atoms with van der Waals surface area (Å²) in [6.45, 7) is 3.78. The van der Waals surface area contributed by atoms with Gasteiger partial charge in [-0.1, -0.05) is 44.5 Å². The number of benzene rings is 1. The summed E-state index contributed by atoms with van der Waals surface area (Å²) in [5.41, 5.74) is 0.988. The molecule has 0 aliphatic heterocycles. The highest BCUT2D eigenvalue weighted by Crippen LogP contribution is 2.33. The van der Waals surface area contributed by atoms with Crippen LogP contribution in [0.15, 0.2) is 24.3 Å². The number of hydrogen-bond donors (Lipinski definition) is 1. The number of aliphatic hydroxyl groups excluding tert-OH is 1. The molecular weight excluding hydrogens is 222 g/mol. The van der Waals surface area contributed by atoms with Crippen molar-refractivity contribution in [3.63, 3.8) is 0 Å². The minimum Gasteiger partial charge on any atom is -0.396 e. The molecule has 0 fully saturated rings. The van der Waals surface area contributed by atoms with Gasteiger partial charge in [0.2, 0.25) is 0 Å². The molecule has 0 aliphatic carbocycles. The Bertz CT molecular complexity index is 329. The maximum Gasteiger partial charge on any atom is 0.273 e. The van der Waals surface area contributed by atoms with Crippen molar-refractivity contribution >= 4 is 0 Å². The van der Waals surface area contributed by atoms with Gasteiger partial charge in [0, 0.05) is 24.5 Å². The van der Waals surface area contributed by atoms with Gasteiger partial charge in [-0.3, -0.25) is 0 Å². The molecular formula is C14H20F2O. The van der Waals surface area contributed by atoms with Gasteiger partial charge in [0.05, 0.1) is 0 Å². The van der Waals surface area contributed by atoms with Gasteiger partial charge in [-0.2, -0.15) is 0 Å². The first-order valence-electron chi connectivity index (χ1n) is 6.14. The van der Waals surface area contributed by atoms with E-state index in [1.165, 1.54) is 12.1 Å². The number of aliphatic hydroxyl groups is 1. The Morgan fingerprint density at radius 2 is 1.76 bits per heavy atom. The Morgan fingerprint density at radius 1 is 1.18 bits per heavy atom. The smallest absolute Gasteiger partial charge is 0.273 e. The second-order valence-corrected chi connectivity index (χ2v) is 4.36. The van der Waals surface area contributed by atoms with E-state index < -0.39 is 5.92 Å². The zero-order chi connectivity index (χ0) is 12.9. The number of rotatable bonds is 6. The van der Waals surface area contributed by atoms with Gasteiger partial charge >= 0.3 is 0 Å². The molecule has 1 atom stereocenters. The fourth-order valence-corrected chi connectivity index (χ4v) is 1.93. The van der Waals surface area contributed by atoms with Crippen LogP contribution >= 0.6 is 0 Å². The highest BCUT2D eigenvalue weighted by Gasteiger charge is 2.29. The Kier molecular flexibility index (Phi) is 5.06. The van der Waals surface area contributed by atoms with E-state index in [-0.39, 0.29) is 24.5 Å². The summed E-state index contributed by atoms with van der Waals surface area (Å²) in [5.74, 6) is -2.70. The van der Waals surface area contributed by atoms with E-state index >= 15 is 0 Å². The molecule has 1 aromatic rings. The van der Waals surface area contributed by atoms with Gasteiger partial charge in [-0.15, -0.1) is 0 Å². The van der Waals surface area contributed by atoms with Crippen molar-refractivity contribution in [1.29, 1.82) is 0 Å². The average Bonchev–Trinajstić information content (AvgIpc) is 2.31. The fraction of sp³-hybridized carbons (Fsp3) is 0.571. The van der Waals surface area contributed by atoms with Gasteiger partial charge in [0.15, 0.2) is 0 Å². The van der Waals surface area contributed by atoms with Crippen LogP contribution in [0.25, 0.3) is 0 Å². The molecule has 0 heterocycles. The molecule has 1 nitrogen and oxygen atoms in total. The highest BCUT2D eigenvalue weighted by atomic mass is 19.3. The van der Waals surface area contributed by atoms with E-state index in [2.05, 4.69) is 0 Å². The van der Waals surface area contributed by atoms with Crippen molar-refractivity contribution < 1.29 is 13.9 Å². The standard InChI is InChI=1S/C14H20F2O/c1-3-9-14(15,16)13-7-5-12(6-8-13)11(4-2)10-17/h5-8,11,17H,3-4,9-10H2,1-2H3. The summed E-state index contributed by atoms with van der Waals surface area (Å²) in [6.07, 6.45) is 1.15. The van der Waals surface area contributed by atoms with Gasteiger partial charge in [-0.25, -0.2) is 8.78 Å². The number of hydrogen-bond acceptors (Lipinski definition) is 1. The lowest BCUT2D eigenvalue weighted by Crippen LogP contribution is -2.13. The van der Waals surface area contributed by atoms with E-state index in [1.807, 2.05) is 6.92 Å². The van der Waals surface area contributed by atoms with Gasteiger partial charge in [0.1, 0.15) is 0 Å². The molecule has 0 saturated heterocycles. The molecule has 1 unspecified atom stereocenters. The van der Waals surface area contributed by atoms with E-state index in [0.717, 1.165) is 12.0 Å². The van der Waals surface area contributed by atoms with E-state index in [4.69, 9.17) is 5.11 Å². The van der Waals surface area contributed by atoms with Crippen LogP contribution in [0.1, 0.15) is 50.2 Å². The molecule has 0 spiro atoms. The van der Waals surface area contributed by atoms with Gasteiger partial charge < -0.3 is 5.11 Å². The lowest BCUT2D eigenvalue weighted by Gasteiger charge is -2.17. The summed E-state index contributed by atoms with van der Waals surface area (Å²) in [4.78, 5) is 0. The minimum absolute atomic E-state index is 0.0452. The lowest BCUT2D eigenvalue weighted by molar-refractivity contribution is -0.0140. The Balaban J connectivity index is 2.87. The molecule has 0 saturated carbocycles.